The molecule has 1 aromatic heterocycles. The summed E-state index contributed by atoms with van der Waals surface area (Å²) in [5.74, 6) is 0.373. The Labute approximate surface area is 327 Å². The molecule has 0 spiro atoms. The lowest BCUT2D eigenvalue weighted by molar-refractivity contribution is -0.142. The number of nitrogens with zero attached hydrogens (tertiary/aromatic N) is 3. The molecule has 14 nitrogen and oxygen atoms in total. The van der Waals surface area contributed by atoms with Gasteiger partial charge in [-0.1, -0.05) is 38.6 Å². The maximum atomic E-state index is 14.6. The standard InChI is InChI=1S/C39H55N6O8PS/c1-9-23-19-39(23,54(8,49)50)44-34(46)31-17-26(20-45(31)35(47)33(38(4,5)6)43-37(48)53-24-12-10-11-13-24)52-32-18-29(30-21-55-36(42-30)40-22(2)3)41-28-16-25(51-7)14-15-27(28)32/h9,14-16,18,22-24,26,30-31,33H,1,10-13,17,19-21H2,2-8H3,(H,40,42)(H,43,48)(H,44,46)(H,49,50)/t23-,26-,30?,31+,33-,39+/m1/s1. The van der Waals surface area contributed by atoms with Gasteiger partial charge < -0.3 is 40.0 Å². The number of aliphatic imine (C=N–C) groups is 1. The molecule has 3 fully saturated rings. The van der Waals surface area contributed by atoms with E-state index >= 15 is 0 Å². The lowest BCUT2D eigenvalue weighted by Gasteiger charge is -2.35. The number of hydrogen-bond donors (Lipinski definition) is 4. The van der Waals surface area contributed by atoms with Crippen LogP contribution in [0, 0.1) is 11.3 Å². The molecule has 55 heavy (non-hydrogen) atoms. The molecule has 4 N–H and O–H groups in total. The number of nitrogens with one attached hydrogen (secondary N) is 3. The van der Waals surface area contributed by atoms with Gasteiger partial charge >= 0.3 is 6.09 Å². The lowest BCUT2D eigenvalue weighted by Crippen LogP contribution is -2.58. The number of fused-ring (bicyclic) bond motifs is 1. The third-order valence-corrected chi connectivity index (χ3v) is 13.9. The number of amides is 3. The minimum absolute atomic E-state index is 0.0127. The van der Waals surface area contributed by atoms with Gasteiger partial charge in [-0.05, 0) is 63.5 Å². The summed E-state index contributed by atoms with van der Waals surface area (Å²) in [4.78, 5) is 64.1. The van der Waals surface area contributed by atoms with E-state index in [0.717, 1.165) is 30.9 Å². The molecule has 300 valence electrons. The van der Waals surface area contributed by atoms with Crippen LogP contribution in [-0.4, -0.2) is 99.5 Å². The first-order valence-corrected chi connectivity index (χ1v) is 22.2. The number of hydrogen-bond acceptors (Lipinski definition) is 11. The third-order valence-electron chi connectivity index (χ3n) is 10.8. The van der Waals surface area contributed by atoms with Crippen molar-refractivity contribution in [1.29, 1.82) is 0 Å². The summed E-state index contributed by atoms with van der Waals surface area (Å²) in [6.45, 7) is 14.7. The van der Waals surface area contributed by atoms with Gasteiger partial charge in [0.25, 0.3) is 0 Å². The zero-order valence-electron chi connectivity index (χ0n) is 32.8. The molecule has 4 aliphatic rings. The van der Waals surface area contributed by atoms with Gasteiger partial charge in [-0.15, -0.1) is 6.58 Å². The molecule has 1 saturated heterocycles. The van der Waals surface area contributed by atoms with Gasteiger partial charge in [0.05, 0.1) is 24.9 Å². The van der Waals surface area contributed by atoms with Crippen LogP contribution in [0.15, 0.2) is 41.9 Å². The van der Waals surface area contributed by atoms with Crippen molar-refractivity contribution in [2.45, 2.75) is 115 Å². The van der Waals surface area contributed by atoms with Gasteiger partial charge in [-0.3, -0.25) is 24.1 Å². The fourth-order valence-electron chi connectivity index (χ4n) is 7.70. The van der Waals surface area contributed by atoms with Crippen LogP contribution in [0.2, 0.25) is 0 Å². The molecule has 2 aromatic rings. The molecule has 7 atom stereocenters. The molecule has 3 heterocycles. The minimum atomic E-state index is -3.83. The van der Waals surface area contributed by atoms with Crippen molar-refractivity contribution in [1.82, 2.24) is 25.8 Å². The average Bonchev–Trinajstić information content (AvgIpc) is 3.50. The van der Waals surface area contributed by atoms with E-state index in [1.807, 2.05) is 45.0 Å². The van der Waals surface area contributed by atoms with Crippen LogP contribution in [0.5, 0.6) is 11.5 Å². The maximum Gasteiger partial charge on any atom is 0.408 e. The molecule has 6 rings (SSSR count). The van der Waals surface area contributed by atoms with Crippen molar-refractivity contribution in [2.75, 3.05) is 26.1 Å². The Hall–Kier alpha value is -3.81. The molecule has 0 radical (unpaired) electrons. The predicted molar refractivity (Wildman–Crippen MR) is 214 cm³/mol. The number of thioether (sulfide) groups is 1. The Morgan fingerprint density at radius 2 is 1.89 bits per heavy atom. The van der Waals surface area contributed by atoms with E-state index < -0.39 is 60.1 Å². The summed E-state index contributed by atoms with van der Waals surface area (Å²) < 4.78 is 31.1. The Morgan fingerprint density at radius 3 is 2.51 bits per heavy atom. The molecular weight excluding hydrogens is 744 g/mol. The Bertz CT molecular complexity index is 1890. The minimum Gasteiger partial charge on any atom is -0.497 e. The molecule has 2 saturated carbocycles. The van der Waals surface area contributed by atoms with E-state index in [2.05, 4.69) is 36.4 Å². The third kappa shape index (κ3) is 8.94. The number of amidine groups is 1. The highest BCUT2D eigenvalue weighted by atomic mass is 32.2. The summed E-state index contributed by atoms with van der Waals surface area (Å²) in [6, 6.07) is 5.25. The van der Waals surface area contributed by atoms with E-state index in [1.54, 1.807) is 24.9 Å². The number of rotatable bonds is 12. The highest BCUT2D eigenvalue weighted by Gasteiger charge is 2.64. The number of aromatic nitrogens is 1. The van der Waals surface area contributed by atoms with Crippen molar-refractivity contribution in [2.24, 2.45) is 16.3 Å². The van der Waals surface area contributed by atoms with Crippen molar-refractivity contribution >= 4 is 53.1 Å². The first-order valence-electron chi connectivity index (χ1n) is 19.1. The molecule has 2 unspecified atom stereocenters. The highest BCUT2D eigenvalue weighted by Crippen LogP contribution is 2.67. The second-order valence-corrected chi connectivity index (χ2v) is 20.1. The van der Waals surface area contributed by atoms with Crippen LogP contribution >= 0.6 is 19.1 Å². The van der Waals surface area contributed by atoms with Gasteiger partial charge in [0.2, 0.25) is 19.2 Å². The van der Waals surface area contributed by atoms with Gasteiger partial charge in [-0.25, -0.2) is 4.79 Å². The SMILES string of the molecule is C=C[C@@H]1C[C@]1(NC(=O)[C@@H]1C[C@@H](Oc2cc(C3CSC(NC(C)C)=N3)nc3cc(OC)ccc23)CN1C(=O)[C@@H](NC(=O)OC1CCCC1)C(C)(C)C)P(C)(=O)O. The van der Waals surface area contributed by atoms with Gasteiger partial charge in [0, 0.05) is 48.3 Å². The Balaban J connectivity index is 1.32. The Kier molecular flexibility index (Phi) is 11.9. The first-order chi connectivity index (χ1) is 25.9. The number of methoxy groups -OCH3 is 1. The van der Waals surface area contributed by atoms with E-state index in [-0.39, 0.29) is 37.6 Å². The fourth-order valence-corrected chi connectivity index (χ4v) is 10.4. The molecule has 2 aliphatic carbocycles. The van der Waals surface area contributed by atoms with Gasteiger partial charge in [-0.2, -0.15) is 0 Å². The first kappa shape index (κ1) is 40.8. The zero-order valence-corrected chi connectivity index (χ0v) is 34.5. The molecule has 0 bridgehead atoms. The van der Waals surface area contributed by atoms with E-state index in [1.165, 1.54) is 11.6 Å². The van der Waals surface area contributed by atoms with E-state index in [0.29, 0.717) is 33.8 Å². The lowest BCUT2D eigenvalue weighted by atomic mass is 9.85. The number of ether oxygens (including phenoxy) is 3. The van der Waals surface area contributed by atoms with Crippen molar-refractivity contribution in [3.05, 3.63) is 42.6 Å². The average molecular weight is 799 g/mol. The summed E-state index contributed by atoms with van der Waals surface area (Å²) in [6.07, 6.45) is 3.86. The number of likely N-dealkylation sites (tertiary alicyclic amines) is 1. The van der Waals surface area contributed by atoms with Crippen LogP contribution in [0.1, 0.15) is 84.9 Å². The smallest absolute Gasteiger partial charge is 0.408 e. The van der Waals surface area contributed by atoms with Crippen LogP contribution in [0.25, 0.3) is 10.9 Å². The van der Waals surface area contributed by atoms with Crippen LogP contribution in [-0.2, 0) is 18.9 Å². The van der Waals surface area contributed by atoms with E-state index in [4.69, 9.17) is 24.2 Å². The largest absolute Gasteiger partial charge is 0.497 e. The van der Waals surface area contributed by atoms with Gasteiger partial charge in [0.1, 0.15) is 47.1 Å². The fraction of sp³-hybridized carbons (Fsp3) is 0.615. The molecule has 1 aromatic carbocycles. The normalized spacial score (nSPS) is 26.9. The summed E-state index contributed by atoms with van der Waals surface area (Å²) >= 11 is 1.62. The summed E-state index contributed by atoms with van der Waals surface area (Å²) in [5.41, 5.74) is 0.581. The molecule has 16 heteroatoms. The van der Waals surface area contributed by atoms with Crippen LogP contribution in [0.4, 0.5) is 4.79 Å². The van der Waals surface area contributed by atoms with Crippen LogP contribution < -0.4 is 25.4 Å². The highest BCUT2D eigenvalue weighted by molar-refractivity contribution is 8.14. The summed E-state index contributed by atoms with van der Waals surface area (Å²) in [5, 5.41) is 9.23. The zero-order chi connectivity index (χ0) is 39.9. The second kappa shape index (κ2) is 16.0. The number of carbonyl (C=O) groups is 3. The Morgan fingerprint density at radius 1 is 1.16 bits per heavy atom. The van der Waals surface area contributed by atoms with E-state index in [9.17, 15) is 23.8 Å². The van der Waals surface area contributed by atoms with Crippen molar-refractivity contribution in [3.63, 3.8) is 0 Å². The predicted octanol–water partition coefficient (Wildman–Crippen LogP) is 5.74. The van der Waals surface area contributed by atoms with Gasteiger partial charge in [0.15, 0.2) is 5.17 Å². The molecule has 3 amide bonds. The summed E-state index contributed by atoms with van der Waals surface area (Å²) in [7, 11) is -2.24. The maximum absolute atomic E-state index is 14.6. The number of benzene rings is 1. The van der Waals surface area contributed by atoms with Crippen LogP contribution in [0.3, 0.4) is 0 Å². The topological polar surface area (TPSA) is 181 Å². The van der Waals surface area contributed by atoms with Crippen molar-refractivity contribution in [3.8, 4) is 11.5 Å². The van der Waals surface area contributed by atoms with Crippen molar-refractivity contribution < 1.29 is 38.1 Å². The second-order valence-electron chi connectivity index (χ2n) is 16.6. The number of alkyl carbamates (subject to hydrolysis) is 1. The quantitative estimate of drug-likeness (QED) is 0.152. The number of pyridine rings is 1. The monoisotopic (exact) mass is 798 g/mol. The molecule has 2 aliphatic heterocycles. The number of carbonyl (C=O) groups excluding carboxylic acids is 3. The molecular formula is C39H55N6O8PS.